The monoisotopic (exact) mass is 245 g/mol. The minimum absolute atomic E-state index is 0.918. The topological polar surface area (TPSA) is 32.5 Å². The van der Waals surface area contributed by atoms with E-state index in [0.29, 0.717) is 0 Å². The Bertz CT molecular complexity index is 418. The van der Waals surface area contributed by atoms with E-state index >= 15 is 0 Å². The fourth-order valence-corrected chi connectivity index (χ4v) is 2.84. The van der Waals surface area contributed by atoms with Gasteiger partial charge in [-0.3, -0.25) is 9.80 Å². The van der Waals surface area contributed by atoms with Crippen LogP contribution in [0.4, 0.5) is 5.69 Å². The predicted octanol–water partition coefficient (Wildman–Crippen LogP) is 1.86. The van der Waals surface area contributed by atoms with Crippen molar-refractivity contribution in [3.05, 3.63) is 29.3 Å². The van der Waals surface area contributed by atoms with Gasteiger partial charge >= 0.3 is 0 Å². The maximum atomic E-state index is 5.97. The summed E-state index contributed by atoms with van der Waals surface area (Å²) in [6.45, 7) is 8.06. The van der Waals surface area contributed by atoms with Gasteiger partial charge in [-0.05, 0) is 37.0 Å². The Hall–Kier alpha value is -1.06. The number of hydrogen-bond acceptors (Lipinski definition) is 3. The number of piperazine rings is 1. The molecule has 1 aromatic carbocycles. The molecule has 18 heavy (non-hydrogen) atoms. The molecule has 1 saturated heterocycles. The number of hydrogen-bond donors (Lipinski definition) is 1. The zero-order valence-corrected chi connectivity index (χ0v) is 11.2. The maximum Gasteiger partial charge on any atom is 0.0346 e. The van der Waals surface area contributed by atoms with Gasteiger partial charge in [0.25, 0.3) is 0 Å². The van der Waals surface area contributed by atoms with Gasteiger partial charge in [0.05, 0.1) is 0 Å². The number of benzene rings is 1. The Kier molecular flexibility index (Phi) is 3.27. The lowest BCUT2D eigenvalue weighted by atomic mass is 10.1. The van der Waals surface area contributed by atoms with Crippen LogP contribution in [0.3, 0.4) is 0 Å². The Labute approximate surface area is 110 Å². The van der Waals surface area contributed by atoms with Crippen LogP contribution in [0.1, 0.15) is 24.0 Å². The quantitative estimate of drug-likeness (QED) is 0.825. The van der Waals surface area contributed by atoms with E-state index in [4.69, 9.17) is 5.73 Å². The zero-order chi connectivity index (χ0) is 12.5. The molecule has 0 bridgehead atoms. The van der Waals surface area contributed by atoms with Crippen molar-refractivity contribution in [2.45, 2.75) is 32.4 Å². The molecule has 2 N–H and O–H groups in total. The lowest BCUT2D eigenvalue weighted by Gasteiger charge is -2.35. The zero-order valence-electron chi connectivity index (χ0n) is 11.2. The number of anilines is 1. The van der Waals surface area contributed by atoms with Gasteiger partial charge in [0.15, 0.2) is 0 Å². The van der Waals surface area contributed by atoms with Crippen molar-refractivity contribution in [2.24, 2.45) is 0 Å². The first kappa shape index (κ1) is 12.0. The van der Waals surface area contributed by atoms with Gasteiger partial charge in [0.2, 0.25) is 0 Å². The predicted molar refractivity (Wildman–Crippen MR) is 75.5 cm³/mol. The third-order valence-corrected chi connectivity index (χ3v) is 4.35. The fraction of sp³-hybridized carbons (Fsp3) is 0.600. The number of nitrogen functional groups attached to an aromatic ring is 1. The first-order valence-electron chi connectivity index (χ1n) is 7.04. The normalized spacial score (nSPS) is 22.3. The average molecular weight is 245 g/mol. The van der Waals surface area contributed by atoms with Crippen molar-refractivity contribution >= 4 is 5.69 Å². The second kappa shape index (κ2) is 4.90. The van der Waals surface area contributed by atoms with Crippen LogP contribution in [0.25, 0.3) is 0 Å². The van der Waals surface area contributed by atoms with Crippen LogP contribution < -0.4 is 5.73 Å². The first-order valence-corrected chi connectivity index (χ1v) is 7.04. The molecule has 1 aromatic rings. The van der Waals surface area contributed by atoms with Gasteiger partial charge in [-0.1, -0.05) is 12.1 Å². The van der Waals surface area contributed by atoms with Crippen molar-refractivity contribution in [3.8, 4) is 0 Å². The van der Waals surface area contributed by atoms with E-state index < -0.39 is 0 Å². The lowest BCUT2D eigenvalue weighted by Crippen LogP contribution is -2.46. The van der Waals surface area contributed by atoms with Crippen LogP contribution in [0.15, 0.2) is 18.2 Å². The molecule has 0 atom stereocenters. The van der Waals surface area contributed by atoms with Crippen LogP contribution in [-0.4, -0.2) is 42.0 Å². The average Bonchev–Trinajstić information content (AvgIpc) is 3.20. The van der Waals surface area contributed by atoms with Gasteiger partial charge in [-0.15, -0.1) is 0 Å². The van der Waals surface area contributed by atoms with E-state index in [0.717, 1.165) is 18.3 Å². The van der Waals surface area contributed by atoms with Gasteiger partial charge in [-0.25, -0.2) is 0 Å². The Morgan fingerprint density at radius 2 is 1.89 bits per heavy atom. The van der Waals surface area contributed by atoms with Gasteiger partial charge < -0.3 is 5.73 Å². The molecular formula is C15H23N3. The van der Waals surface area contributed by atoms with Crippen molar-refractivity contribution in [1.29, 1.82) is 0 Å². The highest BCUT2D eigenvalue weighted by molar-refractivity contribution is 5.49. The van der Waals surface area contributed by atoms with Crippen LogP contribution in [0.2, 0.25) is 0 Å². The molecule has 3 nitrogen and oxygen atoms in total. The molecule has 98 valence electrons. The summed E-state index contributed by atoms with van der Waals surface area (Å²) in [6, 6.07) is 7.18. The number of rotatable bonds is 3. The molecule has 3 rings (SSSR count). The third kappa shape index (κ3) is 2.52. The minimum atomic E-state index is 0.918. The molecule has 1 aliphatic heterocycles. The molecule has 1 saturated carbocycles. The number of nitrogens with zero attached hydrogens (tertiary/aromatic N) is 2. The molecule has 0 amide bonds. The summed E-state index contributed by atoms with van der Waals surface area (Å²) >= 11 is 0. The van der Waals surface area contributed by atoms with Crippen molar-refractivity contribution in [2.75, 3.05) is 31.9 Å². The molecule has 0 aromatic heterocycles. The third-order valence-electron chi connectivity index (χ3n) is 4.35. The SMILES string of the molecule is Cc1c(N)cccc1CN1CCN(C2CC2)CC1. The van der Waals surface area contributed by atoms with Crippen LogP contribution in [0, 0.1) is 6.92 Å². The van der Waals surface area contributed by atoms with E-state index in [1.54, 1.807) is 0 Å². The summed E-state index contributed by atoms with van der Waals surface area (Å²) in [5, 5.41) is 0. The summed E-state index contributed by atoms with van der Waals surface area (Å²) in [5.41, 5.74) is 9.53. The molecule has 1 heterocycles. The smallest absolute Gasteiger partial charge is 0.0346 e. The highest BCUT2D eigenvalue weighted by atomic mass is 15.3. The molecule has 2 fully saturated rings. The molecule has 3 heteroatoms. The van der Waals surface area contributed by atoms with Crippen molar-refractivity contribution < 1.29 is 0 Å². The van der Waals surface area contributed by atoms with Gasteiger partial charge in [0, 0.05) is 44.5 Å². The second-order valence-corrected chi connectivity index (χ2v) is 5.67. The fourth-order valence-electron chi connectivity index (χ4n) is 2.84. The largest absolute Gasteiger partial charge is 0.399 e. The second-order valence-electron chi connectivity index (χ2n) is 5.67. The molecule has 0 radical (unpaired) electrons. The van der Waals surface area contributed by atoms with Crippen molar-refractivity contribution in [1.82, 2.24) is 9.80 Å². The summed E-state index contributed by atoms with van der Waals surface area (Å²) in [5.74, 6) is 0. The Morgan fingerprint density at radius 1 is 1.17 bits per heavy atom. The van der Waals surface area contributed by atoms with E-state index in [9.17, 15) is 0 Å². The van der Waals surface area contributed by atoms with Crippen LogP contribution >= 0.6 is 0 Å². The molecular weight excluding hydrogens is 222 g/mol. The standard InChI is InChI=1S/C15H23N3/c1-12-13(3-2-4-15(12)16)11-17-7-9-18(10-8-17)14-5-6-14/h2-4,14H,5-11,16H2,1H3. The summed E-state index contributed by atoms with van der Waals surface area (Å²) < 4.78 is 0. The van der Waals surface area contributed by atoms with Gasteiger partial charge in [0.1, 0.15) is 0 Å². The highest BCUT2D eigenvalue weighted by Crippen LogP contribution is 2.27. The van der Waals surface area contributed by atoms with E-state index in [1.165, 1.54) is 50.1 Å². The summed E-state index contributed by atoms with van der Waals surface area (Å²) in [4.78, 5) is 5.21. The lowest BCUT2D eigenvalue weighted by molar-refractivity contribution is 0.121. The molecule has 1 aliphatic carbocycles. The van der Waals surface area contributed by atoms with Crippen LogP contribution in [0.5, 0.6) is 0 Å². The first-order chi connectivity index (χ1) is 8.74. The van der Waals surface area contributed by atoms with E-state index in [-0.39, 0.29) is 0 Å². The number of nitrogens with two attached hydrogens (primary N) is 1. The Balaban J connectivity index is 1.58. The molecule has 0 spiro atoms. The van der Waals surface area contributed by atoms with Gasteiger partial charge in [-0.2, -0.15) is 0 Å². The Morgan fingerprint density at radius 3 is 2.56 bits per heavy atom. The molecule has 2 aliphatic rings. The highest BCUT2D eigenvalue weighted by Gasteiger charge is 2.31. The maximum absolute atomic E-state index is 5.97. The minimum Gasteiger partial charge on any atom is -0.399 e. The van der Waals surface area contributed by atoms with Crippen LogP contribution in [-0.2, 0) is 6.54 Å². The van der Waals surface area contributed by atoms with E-state index in [2.05, 4.69) is 28.9 Å². The molecule has 0 unspecified atom stereocenters. The summed E-state index contributed by atoms with van der Waals surface area (Å²) in [7, 11) is 0. The van der Waals surface area contributed by atoms with E-state index in [1.807, 2.05) is 6.07 Å². The summed E-state index contributed by atoms with van der Waals surface area (Å²) in [6.07, 6.45) is 2.85. The van der Waals surface area contributed by atoms with Crippen molar-refractivity contribution in [3.63, 3.8) is 0 Å².